The van der Waals surface area contributed by atoms with Crippen molar-refractivity contribution in [3.63, 3.8) is 0 Å². The highest BCUT2D eigenvalue weighted by atomic mass is 35.5. The topological polar surface area (TPSA) is 86.8 Å². The van der Waals surface area contributed by atoms with Crippen molar-refractivity contribution in [3.8, 4) is 0 Å². The third-order valence-corrected chi connectivity index (χ3v) is 7.97. The molecule has 0 aliphatic heterocycles. The molecule has 190 valence electrons. The Morgan fingerprint density at radius 1 is 1.11 bits per heavy atom. The maximum Gasteiger partial charge on any atom is 0.244 e. The van der Waals surface area contributed by atoms with Gasteiger partial charge in [0.1, 0.15) is 12.6 Å². The molecule has 1 fully saturated rings. The summed E-state index contributed by atoms with van der Waals surface area (Å²) in [5, 5.41) is 3.46. The Bertz CT molecular complexity index is 1180. The fraction of sp³-hybridized carbons (Fsp3) is 0.462. The Balaban J connectivity index is 1.89. The first kappa shape index (κ1) is 27.0. The second kappa shape index (κ2) is 11.4. The van der Waals surface area contributed by atoms with Crippen molar-refractivity contribution in [1.29, 1.82) is 0 Å². The number of anilines is 1. The van der Waals surface area contributed by atoms with E-state index in [1.54, 1.807) is 19.1 Å². The third kappa shape index (κ3) is 7.21. The van der Waals surface area contributed by atoms with Gasteiger partial charge in [-0.3, -0.25) is 13.9 Å². The summed E-state index contributed by atoms with van der Waals surface area (Å²) in [5.41, 5.74) is 3.00. The van der Waals surface area contributed by atoms with Crippen LogP contribution in [0.4, 0.5) is 5.69 Å². The van der Waals surface area contributed by atoms with Gasteiger partial charge in [0.25, 0.3) is 0 Å². The first-order valence-corrected chi connectivity index (χ1v) is 14.1. The monoisotopic (exact) mass is 519 g/mol. The van der Waals surface area contributed by atoms with Crippen LogP contribution in [0, 0.1) is 13.8 Å². The molecule has 0 heterocycles. The number of nitrogens with one attached hydrogen (secondary N) is 1. The van der Waals surface area contributed by atoms with Crippen LogP contribution in [0.5, 0.6) is 0 Å². The lowest BCUT2D eigenvalue weighted by atomic mass is 10.1. The highest BCUT2D eigenvalue weighted by Gasteiger charge is 2.31. The number of halogens is 1. The fourth-order valence-electron chi connectivity index (χ4n) is 4.33. The predicted molar refractivity (Wildman–Crippen MR) is 140 cm³/mol. The maximum absolute atomic E-state index is 13.6. The van der Waals surface area contributed by atoms with Crippen LogP contribution in [-0.4, -0.2) is 50.0 Å². The number of benzene rings is 2. The Labute approximate surface area is 213 Å². The Morgan fingerprint density at radius 3 is 2.40 bits per heavy atom. The normalized spacial score (nSPS) is 15.0. The third-order valence-electron chi connectivity index (χ3n) is 6.43. The van der Waals surface area contributed by atoms with E-state index in [4.69, 9.17) is 11.6 Å². The summed E-state index contributed by atoms with van der Waals surface area (Å²) in [4.78, 5) is 28.1. The molecule has 9 heteroatoms. The van der Waals surface area contributed by atoms with Gasteiger partial charge in [-0.15, -0.1) is 0 Å². The van der Waals surface area contributed by atoms with Gasteiger partial charge in [0.15, 0.2) is 0 Å². The number of carbonyl (C=O) groups excluding carboxylic acids is 2. The lowest BCUT2D eigenvalue weighted by molar-refractivity contribution is -0.139. The zero-order valence-electron chi connectivity index (χ0n) is 20.8. The van der Waals surface area contributed by atoms with Gasteiger partial charge in [0.2, 0.25) is 21.8 Å². The van der Waals surface area contributed by atoms with Crippen molar-refractivity contribution in [2.24, 2.45) is 0 Å². The number of hydrogen-bond acceptors (Lipinski definition) is 4. The highest BCUT2D eigenvalue weighted by Crippen LogP contribution is 2.25. The molecule has 1 N–H and O–H groups in total. The number of amides is 2. The van der Waals surface area contributed by atoms with Gasteiger partial charge in [-0.2, -0.15) is 0 Å². The van der Waals surface area contributed by atoms with Gasteiger partial charge in [-0.1, -0.05) is 60.3 Å². The lowest BCUT2D eigenvalue weighted by Crippen LogP contribution is -2.52. The average molecular weight is 520 g/mol. The van der Waals surface area contributed by atoms with E-state index in [1.165, 1.54) is 11.0 Å². The summed E-state index contributed by atoms with van der Waals surface area (Å²) in [7, 11) is -3.79. The number of hydrogen-bond donors (Lipinski definition) is 1. The summed E-state index contributed by atoms with van der Waals surface area (Å²) in [6.07, 6.45) is 5.07. The SMILES string of the molecule is Cc1cccc(CN(C(=O)CN(c2ccc(C)c(Cl)c2)S(C)(=O)=O)C(C)C(=O)NC2CCCC2)c1. The summed E-state index contributed by atoms with van der Waals surface area (Å²) in [6.45, 7) is 5.21. The van der Waals surface area contributed by atoms with Crippen LogP contribution in [-0.2, 0) is 26.2 Å². The number of carbonyl (C=O) groups is 2. The van der Waals surface area contributed by atoms with Gasteiger partial charge in [-0.05, 0) is 56.9 Å². The molecule has 0 spiro atoms. The molecule has 7 nitrogen and oxygen atoms in total. The van der Waals surface area contributed by atoms with Gasteiger partial charge >= 0.3 is 0 Å². The number of rotatable bonds is 9. The average Bonchev–Trinajstić information content (AvgIpc) is 3.29. The Kier molecular flexibility index (Phi) is 8.83. The lowest BCUT2D eigenvalue weighted by Gasteiger charge is -2.32. The molecule has 1 aliphatic carbocycles. The van der Waals surface area contributed by atoms with E-state index >= 15 is 0 Å². The second-order valence-electron chi connectivity index (χ2n) is 9.38. The van der Waals surface area contributed by atoms with Crippen LogP contribution in [0.15, 0.2) is 42.5 Å². The van der Waals surface area contributed by atoms with Gasteiger partial charge in [-0.25, -0.2) is 8.42 Å². The van der Waals surface area contributed by atoms with Crippen molar-refractivity contribution >= 4 is 39.1 Å². The summed E-state index contributed by atoms with van der Waals surface area (Å²) < 4.78 is 26.3. The molecular formula is C26H34ClN3O4S. The second-order valence-corrected chi connectivity index (χ2v) is 11.7. The number of sulfonamides is 1. The molecule has 1 aliphatic rings. The molecule has 0 saturated heterocycles. The minimum Gasteiger partial charge on any atom is -0.352 e. The molecule has 0 aromatic heterocycles. The van der Waals surface area contributed by atoms with Crippen LogP contribution in [0.2, 0.25) is 5.02 Å². The molecule has 2 aromatic rings. The number of aryl methyl sites for hydroxylation is 2. The van der Waals surface area contributed by atoms with Crippen molar-refractivity contribution in [1.82, 2.24) is 10.2 Å². The molecule has 1 unspecified atom stereocenters. The molecule has 1 saturated carbocycles. The van der Waals surface area contributed by atoms with Crippen LogP contribution >= 0.6 is 11.6 Å². The van der Waals surface area contributed by atoms with E-state index in [1.807, 2.05) is 38.1 Å². The van der Waals surface area contributed by atoms with Crippen molar-refractivity contribution in [3.05, 3.63) is 64.2 Å². The summed E-state index contributed by atoms with van der Waals surface area (Å²) >= 11 is 6.23. The molecule has 0 radical (unpaired) electrons. The van der Waals surface area contributed by atoms with Crippen molar-refractivity contribution < 1.29 is 18.0 Å². The fourth-order valence-corrected chi connectivity index (χ4v) is 5.35. The minimum absolute atomic E-state index is 0.114. The quantitative estimate of drug-likeness (QED) is 0.538. The molecule has 0 bridgehead atoms. The molecular weight excluding hydrogens is 486 g/mol. The predicted octanol–water partition coefficient (Wildman–Crippen LogP) is 4.20. The molecule has 3 rings (SSSR count). The number of nitrogens with zero attached hydrogens (tertiary/aromatic N) is 2. The van der Waals surface area contributed by atoms with E-state index in [0.717, 1.165) is 52.9 Å². The van der Waals surface area contributed by atoms with Crippen LogP contribution in [0.25, 0.3) is 0 Å². The zero-order valence-corrected chi connectivity index (χ0v) is 22.3. The van der Waals surface area contributed by atoms with Crippen LogP contribution < -0.4 is 9.62 Å². The first-order valence-electron chi connectivity index (χ1n) is 11.8. The van der Waals surface area contributed by atoms with Crippen molar-refractivity contribution in [2.75, 3.05) is 17.1 Å². The highest BCUT2D eigenvalue weighted by molar-refractivity contribution is 7.92. The van der Waals surface area contributed by atoms with Crippen LogP contribution in [0.3, 0.4) is 0 Å². The molecule has 2 aromatic carbocycles. The summed E-state index contributed by atoms with van der Waals surface area (Å²) in [5.74, 6) is -0.704. The Morgan fingerprint density at radius 2 is 1.80 bits per heavy atom. The van der Waals surface area contributed by atoms with E-state index < -0.39 is 28.5 Å². The largest absolute Gasteiger partial charge is 0.352 e. The van der Waals surface area contributed by atoms with E-state index in [0.29, 0.717) is 10.7 Å². The van der Waals surface area contributed by atoms with Gasteiger partial charge in [0.05, 0.1) is 11.9 Å². The molecule has 1 atom stereocenters. The van der Waals surface area contributed by atoms with Crippen molar-refractivity contribution in [2.45, 2.75) is 65.1 Å². The zero-order chi connectivity index (χ0) is 25.8. The van der Waals surface area contributed by atoms with Gasteiger partial charge < -0.3 is 10.2 Å². The van der Waals surface area contributed by atoms with E-state index in [-0.39, 0.29) is 18.5 Å². The maximum atomic E-state index is 13.6. The molecule has 35 heavy (non-hydrogen) atoms. The standard InChI is InChI=1S/C26H34ClN3O4S/c1-18-8-7-9-21(14-18)16-29(20(3)26(32)28-22-10-5-6-11-22)25(31)17-30(35(4,33)34)23-13-12-19(2)24(27)15-23/h7-9,12-15,20,22H,5-6,10-11,16-17H2,1-4H3,(H,28,32). The van der Waals surface area contributed by atoms with Gasteiger partial charge in [0, 0.05) is 17.6 Å². The van der Waals surface area contributed by atoms with Crippen LogP contribution in [0.1, 0.15) is 49.3 Å². The minimum atomic E-state index is -3.79. The Hall–Kier alpha value is -2.58. The smallest absolute Gasteiger partial charge is 0.244 e. The van der Waals surface area contributed by atoms with E-state index in [2.05, 4.69) is 5.32 Å². The summed E-state index contributed by atoms with van der Waals surface area (Å²) in [6, 6.07) is 11.9. The van der Waals surface area contributed by atoms with E-state index in [9.17, 15) is 18.0 Å². The first-order chi connectivity index (χ1) is 16.5. The molecule has 2 amide bonds.